The Morgan fingerprint density at radius 2 is 2.23 bits per heavy atom. The number of thioether (sulfide) groups is 1. The standard InChI is InChI=1S/C9H9BrO2S/c1-12-9-7(10)3-6(5-11)4-8(9)13-2/h3-5H,1-2H3. The molecule has 0 spiro atoms. The molecule has 0 amide bonds. The Labute approximate surface area is 89.8 Å². The number of carbonyl (C=O) groups is 1. The normalized spacial score (nSPS) is 9.77. The Kier molecular flexibility index (Phi) is 3.81. The smallest absolute Gasteiger partial charge is 0.150 e. The molecular formula is C9H9BrO2S. The molecule has 0 atom stereocenters. The van der Waals surface area contributed by atoms with Crippen molar-refractivity contribution in [1.29, 1.82) is 0 Å². The first-order chi connectivity index (χ1) is 6.22. The van der Waals surface area contributed by atoms with E-state index in [2.05, 4.69) is 15.9 Å². The molecule has 0 saturated carbocycles. The summed E-state index contributed by atoms with van der Waals surface area (Å²) < 4.78 is 5.99. The van der Waals surface area contributed by atoms with Gasteiger partial charge in [0.15, 0.2) is 0 Å². The van der Waals surface area contributed by atoms with Gasteiger partial charge >= 0.3 is 0 Å². The third-order valence-corrected chi connectivity index (χ3v) is 2.92. The maximum atomic E-state index is 10.6. The second-order valence-electron chi connectivity index (χ2n) is 2.36. The maximum absolute atomic E-state index is 10.6. The van der Waals surface area contributed by atoms with Crippen LogP contribution in [0, 0.1) is 0 Å². The van der Waals surface area contributed by atoms with Gasteiger partial charge in [-0.3, -0.25) is 4.79 Å². The molecule has 0 N–H and O–H groups in total. The van der Waals surface area contributed by atoms with Gasteiger partial charge < -0.3 is 4.74 Å². The highest BCUT2D eigenvalue weighted by atomic mass is 79.9. The van der Waals surface area contributed by atoms with Gasteiger partial charge in [-0.25, -0.2) is 0 Å². The van der Waals surface area contributed by atoms with Crippen LogP contribution in [-0.4, -0.2) is 19.7 Å². The maximum Gasteiger partial charge on any atom is 0.150 e. The molecule has 0 aromatic heterocycles. The summed E-state index contributed by atoms with van der Waals surface area (Å²) in [5.74, 6) is 0.776. The SMILES string of the molecule is COc1c(Br)cc(C=O)cc1SC. The second-order valence-corrected chi connectivity index (χ2v) is 4.06. The summed E-state index contributed by atoms with van der Waals surface area (Å²) >= 11 is 4.89. The predicted octanol–water partition coefficient (Wildman–Crippen LogP) is 2.99. The van der Waals surface area contributed by atoms with Gasteiger partial charge in [-0.2, -0.15) is 0 Å². The Morgan fingerprint density at radius 1 is 1.54 bits per heavy atom. The van der Waals surface area contributed by atoms with Gasteiger partial charge in [0.1, 0.15) is 12.0 Å². The Balaban J connectivity index is 3.28. The number of rotatable bonds is 3. The van der Waals surface area contributed by atoms with Crippen LogP contribution in [0.5, 0.6) is 5.75 Å². The summed E-state index contributed by atoms with van der Waals surface area (Å²) in [5.41, 5.74) is 0.650. The molecule has 0 aliphatic carbocycles. The summed E-state index contributed by atoms with van der Waals surface area (Å²) in [7, 11) is 1.61. The molecule has 0 saturated heterocycles. The van der Waals surface area contributed by atoms with E-state index in [0.29, 0.717) is 5.56 Å². The molecule has 4 heteroatoms. The Morgan fingerprint density at radius 3 is 2.69 bits per heavy atom. The van der Waals surface area contributed by atoms with Crippen LogP contribution in [0.3, 0.4) is 0 Å². The van der Waals surface area contributed by atoms with Crippen molar-refractivity contribution in [2.45, 2.75) is 4.90 Å². The van der Waals surface area contributed by atoms with E-state index in [9.17, 15) is 4.79 Å². The van der Waals surface area contributed by atoms with Crippen LogP contribution in [0.15, 0.2) is 21.5 Å². The fourth-order valence-corrected chi connectivity index (χ4v) is 2.41. The zero-order chi connectivity index (χ0) is 9.84. The lowest BCUT2D eigenvalue weighted by atomic mass is 10.2. The Bertz CT molecular complexity index is 326. The van der Waals surface area contributed by atoms with Crippen molar-refractivity contribution >= 4 is 34.0 Å². The summed E-state index contributed by atoms with van der Waals surface area (Å²) in [6, 6.07) is 3.55. The minimum atomic E-state index is 0.650. The highest BCUT2D eigenvalue weighted by Crippen LogP contribution is 2.35. The molecule has 13 heavy (non-hydrogen) atoms. The van der Waals surface area contributed by atoms with Crippen molar-refractivity contribution in [3.05, 3.63) is 22.2 Å². The van der Waals surface area contributed by atoms with Gasteiger partial charge in [-0.15, -0.1) is 11.8 Å². The fourth-order valence-electron chi connectivity index (χ4n) is 1.01. The van der Waals surface area contributed by atoms with Crippen LogP contribution in [0.4, 0.5) is 0 Å². The average Bonchev–Trinajstić information content (AvgIpc) is 2.16. The van der Waals surface area contributed by atoms with Gasteiger partial charge in [-0.1, -0.05) is 0 Å². The van der Waals surface area contributed by atoms with E-state index < -0.39 is 0 Å². The first kappa shape index (κ1) is 10.6. The van der Waals surface area contributed by atoms with Gasteiger partial charge in [0.25, 0.3) is 0 Å². The van der Waals surface area contributed by atoms with Crippen LogP contribution in [-0.2, 0) is 0 Å². The molecule has 0 unspecified atom stereocenters. The molecule has 0 heterocycles. The van der Waals surface area contributed by atoms with E-state index >= 15 is 0 Å². The zero-order valence-electron chi connectivity index (χ0n) is 7.33. The Hall–Kier alpha value is -0.480. The van der Waals surface area contributed by atoms with E-state index in [1.807, 2.05) is 6.26 Å². The molecule has 2 nitrogen and oxygen atoms in total. The van der Waals surface area contributed by atoms with E-state index in [0.717, 1.165) is 21.4 Å². The van der Waals surface area contributed by atoms with E-state index in [-0.39, 0.29) is 0 Å². The number of carbonyl (C=O) groups excluding carboxylic acids is 1. The molecular weight excluding hydrogens is 252 g/mol. The van der Waals surface area contributed by atoms with E-state index in [4.69, 9.17) is 4.74 Å². The van der Waals surface area contributed by atoms with Gasteiger partial charge in [-0.05, 0) is 34.3 Å². The van der Waals surface area contributed by atoms with Crippen molar-refractivity contribution in [2.75, 3.05) is 13.4 Å². The highest BCUT2D eigenvalue weighted by molar-refractivity contribution is 9.10. The number of hydrogen-bond donors (Lipinski definition) is 0. The minimum absolute atomic E-state index is 0.650. The zero-order valence-corrected chi connectivity index (χ0v) is 9.74. The monoisotopic (exact) mass is 260 g/mol. The summed E-state index contributed by atoms with van der Waals surface area (Å²) in [6.45, 7) is 0. The van der Waals surface area contributed by atoms with E-state index in [1.54, 1.807) is 31.0 Å². The summed E-state index contributed by atoms with van der Waals surface area (Å²) in [6.07, 6.45) is 2.77. The van der Waals surface area contributed by atoms with Gasteiger partial charge in [0, 0.05) is 5.56 Å². The number of methoxy groups -OCH3 is 1. The summed E-state index contributed by atoms with van der Waals surface area (Å²) in [4.78, 5) is 11.5. The van der Waals surface area contributed by atoms with Crippen LogP contribution >= 0.6 is 27.7 Å². The quantitative estimate of drug-likeness (QED) is 0.618. The fraction of sp³-hybridized carbons (Fsp3) is 0.222. The lowest BCUT2D eigenvalue weighted by molar-refractivity contribution is 0.112. The first-order valence-corrected chi connectivity index (χ1v) is 5.61. The van der Waals surface area contributed by atoms with Crippen molar-refractivity contribution in [3.8, 4) is 5.75 Å². The van der Waals surface area contributed by atoms with Crippen molar-refractivity contribution in [2.24, 2.45) is 0 Å². The minimum Gasteiger partial charge on any atom is -0.494 e. The van der Waals surface area contributed by atoms with Crippen LogP contribution in [0.1, 0.15) is 10.4 Å². The molecule has 0 aliphatic heterocycles. The van der Waals surface area contributed by atoms with Crippen LogP contribution in [0.2, 0.25) is 0 Å². The molecule has 1 rings (SSSR count). The number of aldehydes is 1. The molecule has 0 fully saturated rings. The molecule has 0 aliphatic rings. The molecule has 0 radical (unpaired) electrons. The first-order valence-electron chi connectivity index (χ1n) is 3.59. The van der Waals surface area contributed by atoms with Crippen molar-refractivity contribution in [3.63, 3.8) is 0 Å². The third kappa shape index (κ3) is 2.25. The molecule has 1 aromatic carbocycles. The summed E-state index contributed by atoms with van der Waals surface area (Å²) in [5, 5.41) is 0. The topological polar surface area (TPSA) is 26.3 Å². The lowest BCUT2D eigenvalue weighted by Crippen LogP contribution is -1.90. The van der Waals surface area contributed by atoms with E-state index in [1.165, 1.54) is 0 Å². The molecule has 1 aromatic rings. The van der Waals surface area contributed by atoms with Gasteiger partial charge in [0.2, 0.25) is 0 Å². The lowest BCUT2D eigenvalue weighted by Gasteiger charge is -2.08. The van der Waals surface area contributed by atoms with Crippen LogP contribution in [0.25, 0.3) is 0 Å². The van der Waals surface area contributed by atoms with Crippen molar-refractivity contribution in [1.82, 2.24) is 0 Å². The molecule has 0 bridgehead atoms. The predicted molar refractivity (Wildman–Crippen MR) is 57.9 cm³/mol. The van der Waals surface area contributed by atoms with Crippen molar-refractivity contribution < 1.29 is 9.53 Å². The number of benzene rings is 1. The highest BCUT2D eigenvalue weighted by Gasteiger charge is 2.08. The van der Waals surface area contributed by atoms with Gasteiger partial charge in [0.05, 0.1) is 16.5 Å². The molecule has 70 valence electrons. The number of ether oxygens (including phenoxy) is 1. The largest absolute Gasteiger partial charge is 0.494 e. The number of halogens is 1. The average molecular weight is 261 g/mol. The van der Waals surface area contributed by atoms with Crippen LogP contribution < -0.4 is 4.74 Å². The number of hydrogen-bond acceptors (Lipinski definition) is 3. The second kappa shape index (κ2) is 4.67. The third-order valence-electron chi connectivity index (χ3n) is 1.59.